The minimum absolute atomic E-state index is 0. The van der Waals surface area contributed by atoms with Crippen LogP contribution < -0.4 is 5.32 Å². The van der Waals surface area contributed by atoms with Gasteiger partial charge in [-0.3, -0.25) is 24.2 Å². The van der Waals surface area contributed by atoms with E-state index in [0.29, 0.717) is 19.4 Å². The minimum Gasteiger partial charge on any atom is -0.349 e. The average molecular weight is 574 g/mol. The van der Waals surface area contributed by atoms with Crippen LogP contribution in [0.3, 0.4) is 0 Å². The van der Waals surface area contributed by atoms with Gasteiger partial charge in [-0.15, -0.1) is 12.4 Å². The molecule has 4 aliphatic rings. The first-order chi connectivity index (χ1) is 18.6. The SMILES string of the molecule is CC(=O)N1CCC[C@H](C(=O)N[C@@H](CCN2C3CCC2CC2(C3)C(=O)N(C)C(=O)N2C(C)C)c2ccccc2)C1.Cl. The molecule has 4 heterocycles. The van der Waals surface area contributed by atoms with Crippen LogP contribution >= 0.6 is 12.4 Å². The van der Waals surface area contributed by atoms with E-state index < -0.39 is 5.54 Å². The fourth-order valence-corrected chi connectivity index (χ4v) is 7.67. The van der Waals surface area contributed by atoms with Crippen molar-refractivity contribution in [3.8, 4) is 0 Å². The lowest BCUT2D eigenvalue weighted by atomic mass is 9.80. The van der Waals surface area contributed by atoms with E-state index in [9.17, 15) is 19.2 Å². The maximum Gasteiger partial charge on any atom is 0.327 e. The number of rotatable bonds is 7. The van der Waals surface area contributed by atoms with Crippen LogP contribution in [0.2, 0.25) is 0 Å². The van der Waals surface area contributed by atoms with Crippen LogP contribution in [0.15, 0.2) is 30.3 Å². The van der Waals surface area contributed by atoms with E-state index in [-0.39, 0.29) is 66.2 Å². The summed E-state index contributed by atoms with van der Waals surface area (Å²) in [4.78, 5) is 59.1. The largest absolute Gasteiger partial charge is 0.349 e. The summed E-state index contributed by atoms with van der Waals surface area (Å²) in [6.07, 6.45) is 5.78. The number of nitrogens with zero attached hydrogens (tertiary/aromatic N) is 4. The topological polar surface area (TPSA) is 93.3 Å². The number of hydrogen-bond acceptors (Lipinski definition) is 5. The molecule has 5 amide bonds. The number of piperidine rings is 2. The molecule has 2 bridgehead atoms. The maximum absolute atomic E-state index is 13.4. The molecule has 10 heteroatoms. The highest BCUT2D eigenvalue weighted by Gasteiger charge is 2.62. The number of fused-ring (bicyclic) bond motifs is 2. The number of hydrogen-bond donors (Lipinski definition) is 1. The zero-order valence-corrected chi connectivity index (χ0v) is 25.0. The molecule has 0 aromatic heterocycles. The van der Waals surface area contributed by atoms with Crippen LogP contribution in [0.25, 0.3) is 0 Å². The molecule has 4 aliphatic heterocycles. The van der Waals surface area contributed by atoms with Gasteiger partial charge < -0.3 is 15.1 Å². The molecular formula is C30H44ClN5O4. The summed E-state index contributed by atoms with van der Waals surface area (Å²) in [5.74, 6) is -0.208. The van der Waals surface area contributed by atoms with Crippen LogP contribution in [-0.4, -0.2) is 93.7 Å². The Bertz CT molecular complexity index is 1100. The highest BCUT2D eigenvalue weighted by atomic mass is 35.5. The van der Waals surface area contributed by atoms with Crippen LogP contribution in [0.4, 0.5) is 4.79 Å². The van der Waals surface area contributed by atoms with Gasteiger partial charge in [0.05, 0.1) is 12.0 Å². The second-order valence-electron chi connectivity index (χ2n) is 12.2. The van der Waals surface area contributed by atoms with Crippen molar-refractivity contribution < 1.29 is 19.2 Å². The highest BCUT2D eigenvalue weighted by Crippen LogP contribution is 2.48. The number of likely N-dealkylation sites (N-methyl/N-ethyl adjacent to an activating group) is 1. The first-order valence-corrected chi connectivity index (χ1v) is 14.6. The molecule has 0 saturated carbocycles. The van der Waals surface area contributed by atoms with Gasteiger partial charge in [-0.1, -0.05) is 30.3 Å². The first kappa shape index (κ1) is 30.3. The lowest BCUT2D eigenvalue weighted by Gasteiger charge is -2.48. The molecule has 4 atom stereocenters. The van der Waals surface area contributed by atoms with Crippen molar-refractivity contribution in [3.63, 3.8) is 0 Å². The smallest absolute Gasteiger partial charge is 0.327 e. The van der Waals surface area contributed by atoms with Gasteiger partial charge in [0, 0.05) is 51.7 Å². The number of imide groups is 1. The number of benzene rings is 1. The third kappa shape index (κ3) is 5.47. The molecule has 5 rings (SSSR count). The Morgan fingerprint density at radius 2 is 1.70 bits per heavy atom. The second kappa shape index (κ2) is 12.1. The number of carbonyl (C=O) groups is 4. The van der Waals surface area contributed by atoms with Crippen LogP contribution in [0.1, 0.15) is 77.3 Å². The van der Waals surface area contributed by atoms with Crippen LogP contribution in [0, 0.1) is 5.92 Å². The monoisotopic (exact) mass is 573 g/mol. The van der Waals surface area contributed by atoms with Gasteiger partial charge in [-0.2, -0.15) is 0 Å². The summed E-state index contributed by atoms with van der Waals surface area (Å²) in [6.45, 7) is 7.57. The van der Waals surface area contributed by atoms with Crippen molar-refractivity contribution in [2.45, 2.75) is 95.4 Å². The molecular weight excluding hydrogens is 530 g/mol. The molecule has 40 heavy (non-hydrogen) atoms. The number of likely N-dealkylation sites (tertiary alicyclic amines) is 1. The van der Waals surface area contributed by atoms with Gasteiger partial charge in [0.1, 0.15) is 5.54 Å². The van der Waals surface area contributed by atoms with E-state index >= 15 is 0 Å². The first-order valence-electron chi connectivity index (χ1n) is 14.6. The predicted octanol–water partition coefficient (Wildman–Crippen LogP) is 3.58. The molecule has 0 aliphatic carbocycles. The predicted molar refractivity (Wildman–Crippen MR) is 155 cm³/mol. The van der Waals surface area contributed by atoms with E-state index in [1.54, 1.807) is 18.9 Å². The normalized spacial score (nSPS) is 29.2. The number of amides is 5. The number of urea groups is 1. The molecule has 4 fully saturated rings. The summed E-state index contributed by atoms with van der Waals surface area (Å²) in [6, 6.07) is 10.2. The van der Waals surface area contributed by atoms with Gasteiger partial charge >= 0.3 is 6.03 Å². The van der Waals surface area contributed by atoms with Gasteiger partial charge in [0.15, 0.2) is 0 Å². The molecule has 9 nitrogen and oxygen atoms in total. The van der Waals surface area contributed by atoms with E-state index in [1.807, 2.05) is 36.9 Å². The standard InChI is InChI=1S/C30H43N5O4.ClH/c1-20(2)35-29(39)32(4)28(38)30(35)17-24-12-13-25(18-30)34(24)16-14-26(22-9-6-5-7-10-22)31-27(37)23-11-8-15-33(19-23)21(3)36;/h5-7,9-10,20,23-26H,8,11-19H2,1-4H3,(H,31,37);1H/t23-,24?,25?,26-,30?;/m0./s1. The van der Waals surface area contributed by atoms with Crippen molar-refractivity contribution in [2.75, 3.05) is 26.7 Å². The summed E-state index contributed by atoms with van der Waals surface area (Å²) in [7, 11) is 1.61. The van der Waals surface area contributed by atoms with Crippen LogP contribution in [-0.2, 0) is 14.4 Å². The van der Waals surface area contributed by atoms with E-state index in [1.165, 1.54) is 4.90 Å². The highest BCUT2D eigenvalue weighted by molar-refractivity contribution is 6.07. The Morgan fingerprint density at radius 1 is 1.05 bits per heavy atom. The number of carbonyl (C=O) groups excluding carboxylic acids is 4. The fraction of sp³-hybridized carbons (Fsp3) is 0.667. The molecule has 220 valence electrons. The Hall–Kier alpha value is -2.65. The van der Waals surface area contributed by atoms with Gasteiger partial charge in [0.25, 0.3) is 5.91 Å². The molecule has 0 radical (unpaired) electrons. The molecule has 1 aromatic rings. The van der Waals surface area contributed by atoms with Crippen molar-refractivity contribution >= 4 is 36.2 Å². The zero-order chi connectivity index (χ0) is 27.9. The minimum atomic E-state index is -0.737. The van der Waals surface area contributed by atoms with E-state index in [0.717, 1.165) is 50.8 Å². The van der Waals surface area contributed by atoms with Crippen molar-refractivity contribution in [3.05, 3.63) is 35.9 Å². The number of nitrogens with one attached hydrogen (secondary N) is 1. The summed E-state index contributed by atoms with van der Waals surface area (Å²) in [5.41, 5.74) is 0.342. The lowest BCUT2D eigenvalue weighted by Crippen LogP contribution is -2.61. The third-order valence-electron chi connectivity index (χ3n) is 9.52. The van der Waals surface area contributed by atoms with E-state index in [4.69, 9.17) is 0 Å². The van der Waals surface area contributed by atoms with Gasteiger partial charge in [-0.05, 0) is 64.4 Å². The fourth-order valence-electron chi connectivity index (χ4n) is 7.67. The Morgan fingerprint density at radius 3 is 2.30 bits per heavy atom. The van der Waals surface area contributed by atoms with E-state index in [2.05, 4.69) is 22.3 Å². The van der Waals surface area contributed by atoms with Gasteiger partial charge in [-0.25, -0.2) is 4.79 Å². The van der Waals surface area contributed by atoms with Gasteiger partial charge in [0.2, 0.25) is 11.8 Å². The zero-order valence-electron chi connectivity index (χ0n) is 24.2. The summed E-state index contributed by atoms with van der Waals surface area (Å²) >= 11 is 0. The molecule has 1 aromatic carbocycles. The third-order valence-corrected chi connectivity index (χ3v) is 9.52. The molecule has 1 spiro atoms. The Balaban J connectivity index is 0.00000370. The van der Waals surface area contributed by atoms with Crippen molar-refractivity contribution in [1.29, 1.82) is 0 Å². The molecule has 2 unspecified atom stereocenters. The second-order valence-corrected chi connectivity index (χ2v) is 12.2. The molecule has 1 N–H and O–H groups in total. The van der Waals surface area contributed by atoms with Crippen molar-refractivity contribution in [2.24, 2.45) is 5.92 Å². The maximum atomic E-state index is 13.4. The quantitative estimate of drug-likeness (QED) is 0.503. The Kier molecular flexibility index (Phi) is 9.15. The van der Waals surface area contributed by atoms with Crippen molar-refractivity contribution in [1.82, 2.24) is 24.9 Å². The Labute approximate surface area is 244 Å². The summed E-state index contributed by atoms with van der Waals surface area (Å²) in [5, 5.41) is 3.32. The molecule has 4 saturated heterocycles. The average Bonchev–Trinajstić information content (AvgIpc) is 3.27. The van der Waals surface area contributed by atoms with Crippen LogP contribution in [0.5, 0.6) is 0 Å². The lowest BCUT2D eigenvalue weighted by molar-refractivity contribution is -0.137. The number of halogens is 1. The summed E-state index contributed by atoms with van der Waals surface area (Å²) < 4.78 is 0.